The summed E-state index contributed by atoms with van der Waals surface area (Å²) in [6.45, 7) is 0. The van der Waals surface area contributed by atoms with Crippen molar-refractivity contribution in [2.24, 2.45) is 0 Å². The van der Waals surface area contributed by atoms with Crippen LogP contribution in [0, 0.1) is 11.3 Å². The topological polar surface area (TPSA) is 77.6 Å². The number of nitrogens with two attached hydrogens (primary N) is 1. The molecular weight excluding hydrogens is 188 g/mol. The van der Waals surface area contributed by atoms with Gasteiger partial charge in [0.25, 0.3) is 0 Å². The number of benzene rings is 1. The Balaban J connectivity index is 2.32. The molecule has 0 aliphatic carbocycles. The molecule has 4 heteroatoms. The molecule has 0 bridgehead atoms. The van der Waals surface area contributed by atoms with Crippen molar-refractivity contribution in [2.45, 2.75) is 0 Å². The van der Waals surface area contributed by atoms with Crippen LogP contribution in [-0.4, -0.2) is 4.98 Å². The van der Waals surface area contributed by atoms with E-state index in [1.54, 1.807) is 18.2 Å². The number of nitriles is 1. The van der Waals surface area contributed by atoms with Crippen molar-refractivity contribution >= 4 is 17.2 Å². The number of rotatable bonds is 2. The summed E-state index contributed by atoms with van der Waals surface area (Å²) in [4.78, 5) is 3.00. The van der Waals surface area contributed by atoms with Crippen LogP contribution < -0.4 is 11.1 Å². The van der Waals surface area contributed by atoms with E-state index in [0.29, 0.717) is 11.3 Å². The second kappa shape index (κ2) is 3.76. The average Bonchev–Trinajstić information content (AvgIpc) is 2.74. The Hall–Kier alpha value is -2.41. The molecule has 1 heterocycles. The number of hydrogen-bond donors (Lipinski definition) is 3. The summed E-state index contributed by atoms with van der Waals surface area (Å²) >= 11 is 0. The number of H-pyrrole nitrogens is 1. The Morgan fingerprint density at radius 2 is 2.20 bits per heavy atom. The lowest BCUT2D eigenvalue weighted by atomic mass is 10.2. The summed E-state index contributed by atoms with van der Waals surface area (Å²) < 4.78 is 0. The maximum absolute atomic E-state index is 8.75. The SMILES string of the molecule is N#Cc1ccc(N)c(Nc2ccc[nH]2)c1. The first-order valence-corrected chi connectivity index (χ1v) is 4.49. The molecule has 2 rings (SSSR count). The minimum absolute atomic E-state index is 0.582. The Labute approximate surface area is 87.3 Å². The van der Waals surface area contributed by atoms with E-state index in [0.717, 1.165) is 11.5 Å². The molecule has 1 aromatic heterocycles. The molecule has 2 aromatic rings. The van der Waals surface area contributed by atoms with E-state index in [1.165, 1.54) is 0 Å². The molecule has 15 heavy (non-hydrogen) atoms. The molecule has 0 saturated heterocycles. The number of hydrogen-bond acceptors (Lipinski definition) is 3. The molecule has 0 unspecified atom stereocenters. The Kier molecular flexibility index (Phi) is 2.30. The first-order valence-electron chi connectivity index (χ1n) is 4.49. The zero-order chi connectivity index (χ0) is 10.7. The highest BCUT2D eigenvalue weighted by atomic mass is 15.0. The smallest absolute Gasteiger partial charge is 0.107 e. The second-order valence-corrected chi connectivity index (χ2v) is 3.12. The van der Waals surface area contributed by atoms with E-state index < -0.39 is 0 Å². The van der Waals surface area contributed by atoms with Gasteiger partial charge in [0.05, 0.1) is 23.0 Å². The fourth-order valence-corrected chi connectivity index (χ4v) is 1.29. The molecule has 4 N–H and O–H groups in total. The third-order valence-corrected chi connectivity index (χ3v) is 2.05. The third-order valence-electron chi connectivity index (χ3n) is 2.05. The van der Waals surface area contributed by atoms with E-state index in [1.807, 2.05) is 18.3 Å². The molecule has 0 aliphatic rings. The van der Waals surface area contributed by atoms with Crippen molar-refractivity contribution < 1.29 is 0 Å². The number of anilines is 3. The fraction of sp³-hybridized carbons (Fsp3) is 0. The van der Waals surface area contributed by atoms with Gasteiger partial charge in [-0.3, -0.25) is 0 Å². The van der Waals surface area contributed by atoms with Gasteiger partial charge in [0, 0.05) is 6.20 Å². The molecule has 0 amide bonds. The lowest BCUT2D eigenvalue weighted by Crippen LogP contribution is -1.96. The van der Waals surface area contributed by atoms with Crippen LogP contribution in [0.3, 0.4) is 0 Å². The van der Waals surface area contributed by atoms with E-state index in [-0.39, 0.29) is 0 Å². The van der Waals surface area contributed by atoms with Crippen molar-refractivity contribution in [3.8, 4) is 6.07 Å². The molecule has 4 nitrogen and oxygen atoms in total. The highest BCUT2D eigenvalue weighted by Crippen LogP contribution is 2.23. The highest BCUT2D eigenvalue weighted by molar-refractivity contribution is 5.72. The van der Waals surface area contributed by atoms with Gasteiger partial charge in [-0.25, -0.2) is 0 Å². The summed E-state index contributed by atoms with van der Waals surface area (Å²) in [6.07, 6.45) is 1.81. The number of nitrogens with one attached hydrogen (secondary N) is 2. The van der Waals surface area contributed by atoms with Gasteiger partial charge in [-0.2, -0.15) is 5.26 Å². The highest BCUT2D eigenvalue weighted by Gasteiger charge is 2.01. The molecule has 0 fully saturated rings. The maximum atomic E-state index is 8.75. The molecule has 0 radical (unpaired) electrons. The van der Waals surface area contributed by atoms with Crippen LogP contribution >= 0.6 is 0 Å². The fourth-order valence-electron chi connectivity index (χ4n) is 1.29. The quantitative estimate of drug-likeness (QED) is 0.647. The Morgan fingerprint density at radius 1 is 1.33 bits per heavy atom. The van der Waals surface area contributed by atoms with Crippen LogP contribution in [0.2, 0.25) is 0 Å². The van der Waals surface area contributed by atoms with Crippen LogP contribution in [0.5, 0.6) is 0 Å². The van der Waals surface area contributed by atoms with Crippen LogP contribution in [0.15, 0.2) is 36.5 Å². The van der Waals surface area contributed by atoms with Gasteiger partial charge in [-0.05, 0) is 30.3 Å². The second-order valence-electron chi connectivity index (χ2n) is 3.12. The standard InChI is InChI=1S/C11H10N4/c12-7-8-3-4-9(13)10(6-8)15-11-2-1-5-14-11/h1-6,14-15H,13H2. The molecule has 1 aromatic carbocycles. The maximum Gasteiger partial charge on any atom is 0.107 e. The van der Waals surface area contributed by atoms with Crippen molar-refractivity contribution in [1.29, 1.82) is 5.26 Å². The molecule has 0 spiro atoms. The van der Waals surface area contributed by atoms with Crippen LogP contribution in [0.4, 0.5) is 17.2 Å². The van der Waals surface area contributed by atoms with E-state index in [4.69, 9.17) is 11.0 Å². The van der Waals surface area contributed by atoms with E-state index >= 15 is 0 Å². The number of aromatic nitrogens is 1. The van der Waals surface area contributed by atoms with Crippen molar-refractivity contribution in [1.82, 2.24) is 4.98 Å². The summed E-state index contributed by atoms with van der Waals surface area (Å²) in [5.41, 5.74) is 7.70. The van der Waals surface area contributed by atoms with Gasteiger partial charge in [-0.1, -0.05) is 0 Å². The van der Waals surface area contributed by atoms with Crippen molar-refractivity contribution in [3.63, 3.8) is 0 Å². The van der Waals surface area contributed by atoms with Crippen molar-refractivity contribution in [3.05, 3.63) is 42.1 Å². The predicted molar refractivity (Wildman–Crippen MR) is 59.6 cm³/mol. The summed E-state index contributed by atoms with van der Waals surface area (Å²) in [7, 11) is 0. The Morgan fingerprint density at radius 3 is 2.87 bits per heavy atom. The zero-order valence-electron chi connectivity index (χ0n) is 7.99. The molecule has 0 aliphatic heterocycles. The van der Waals surface area contributed by atoms with Gasteiger partial charge < -0.3 is 16.0 Å². The van der Waals surface area contributed by atoms with Crippen LogP contribution in [0.1, 0.15) is 5.56 Å². The van der Waals surface area contributed by atoms with Gasteiger partial charge in [-0.15, -0.1) is 0 Å². The normalized spacial score (nSPS) is 9.53. The first-order chi connectivity index (χ1) is 7.29. The third kappa shape index (κ3) is 1.92. The number of nitrogens with zero attached hydrogens (tertiary/aromatic N) is 1. The first kappa shape index (κ1) is 9.16. The Bertz CT molecular complexity index is 494. The minimum Gasteiger partial charge on any atom is -0.397 e. The van der Waals surface area contributed by atoms with E-state index in [2.05, 4.69) is 16.4 Å². The zero-order valence-corrected chi connectivity index (χ0v) is 7.99. The lowest BCUT2D eigenvalue weighted by molar-refractivity contribution is 1.37. The number of aromatic amines is 1. The van der Waals surface area contributed by atoms with Crippen molar-refractivity contribution in [2.75, 3.05) is 11.1 Å². The van der Waals surface area contributed by atoms with Crippen LogP contribution in [0.25, 0.3) is 0 Å². The summed E-state index contributed by atoms with van der Waals surface area (Å²) in [5, 5.41) is 11.8. The largest absolute Gasteiger partial charge is 0.397 e. The van der Waals surface area contributed by atoms with Gasteiger partial charge in [0.15, 0.2) is 0 Å². The lowest BCUT2D eigenvalue weighted by Gasteiger charge is -2.07. The minimum atomic E-state index is 0.582. The van der Waals surface area contributed by atoms with Crippen LogP contribution in [-0.2, 0) is 0 Å². The van der Waals surface area contributed by atoms with Gasteiger partial charge >= 0.3 is 0 Å². The monoisotopic (exact) mass is 198 g/mol. The molecule has 74 valence electrons. The van der Waals surface area contributed by atoms with Gasteiger partial charge in [0.2, 0.25) is 0 Å². The molecular formula is C11H10N4. The summed E-state index contributed by atoms with van der Waals surface area (Å²) in [6, 6.07) is 11.0. The predicted octanol–water partition coefficient (Wildman–Crippen LogP) is 2.21. The average molecular weight is 198 g/mol. The number of nitrogen functional groups attached to an aromatic ring is 1. The molecule has 0 saturated carbocycles. The summed E-state index contributed by atoms with van der Waals surface area (Å²) in [5.74, 6) is 0.844. The van der Waals surface area contributed by atoms with Gasteiger partial charge in [0.1, 0.15) is 5.82 Å². The van der Waals surface area contributed by atoms with E-state index in [9.17, 15) is 0 Å². The molecule has 0 atom stereocenters.